The van der Waals surface area contributed by atoms with Gasteiger partial charge < -0.3 is 5.73 Å². The summed E-state index contributed by atoms with van der Waals surface area (Å²) in [6, 6.07) is 1.62. The quantitative estimate of drug-likeness (QED) is 0.659. The summed E-state index contributed by atoms with van der Waals surface area (Å²) in [5.41, 5.74) is 4.69. The van der Waals surface area contributed by atoms with E-state index in [-0.39, 0.29) is 11.5 Å². The highest BCUT2D eigenvalue weighted by molar-refractivity contribution is 5.71. The number of aromatic amines is 1. The topological polar surface area (TPSA) is 97.8 Å². The van der Waals surface area contributed by atoms with Gasteiger partial charge in [0.1, 0.15) is 11.6 Å². The highest BCUT2D eigenvalue weighted by Crippen LogP contribution is 2.34. The second-order valence-corrected chi connectivity index (χ2v) is 3.83. The molecule has 0 aliphatic heterocycles. The third-order valence-electron chi connectivity index (χ3n) is 2.77. The number of nitro groups is 1. The standard InChI is InChI=1S/C11H10F2N4O2/c1-2-5-10(15-16-11(5)14)8-6(12)3-4-7(9(8)13)17(18)19/h3-4H,2H2,1H3,(H3,14,15,16). The van der Waals surface area contributed by atoms with Gasteiger partial charge in [0.05, 0.1) is 16.2 Å². The minimum Gasteiger partial charge on any atom is -0.382 e. The first-order chi connectivity index (χ1) is 8.97. The number of H-pyrrole nitrogens is 1. The molecule has 1 aromatic heterocycles. The third-order valence-corrected chi connectivity index (χ3v) is 2.77. The molecule has 2 rings (SSSR count). The largest absolute Gasteiger partial charge is 0.382 e. The van der Waals surface area contributed by atoms with Crippen molar-refractivity contribution in [1.29, 1.82) is 0 Å². The maximum atomic E-state index is 14.0. The number of aromatic nitrogens is 2. The fourth-order valence-corrected chi connectivity index (χ4v) is 1.86. The van der Waals surface area contributed by atoms with Crippen molar-refractivity contribution in [3.63, 3.8) is 0 Å². The molecule has 0 bridgehead atoms. The summed E-state index contributed by atoms with van der Waals surface area (Å²) in [5.74, 6) is -2.05. The second kappa shape index (κ2) is 4.63. The number of nitrogens with zero attached hydrogens (tertiary/aromatic N) is 2. The molecule has 8 heteroatoms. The van der Waals surface area contributed by atoms with Gasteiger partial charge in [-0.1, -0.05) is 6.92 Å². The zero-order valence-electron chi connectivity index (χ0n) is 9.91. The van der Waals surface area contributed by atoms with Gasteiger partial charge >= 0.3 is 5.69 Å². The van der Waals surface area contributed by atoms with Crippen molar-refractivity contribution in [3.05, 3.63) is 39.4 Å². The number of nitrogens with one attached hydrogen (secondary N) is 1. The molecule has 0 atom stereocenters. The summed E-state index contributed by atoms with van der Waals surface area (Å²) in [5, 5.41) is 16.8. The van der Waals surface area contributed by atoms with E-state index in [1.165, 1.54) is 0 Å². The van der Waals surface area contributed by atoms with Crippen LogP contribution >= 0.6 is 0 Å². The number of hydrogen-bond acceptors (Lipinski definition) is 4. The Bertz CT molecular complexity index is 654. The van der Waals surface area contributed by atoms with E-state index in [0.717, 1.165) is 12.1 Å². The van der Waals surface area contributed by atoms with Crippen molar-refractivity contribution < 1.29 is 13.7 Å². The summed E-state index contributed by atoms with van der Waals surface area (Å²) in [6.45, 7) is 1.73. The van der Waals surface area contributed by atoms with Gasteiger partial charge in [-0.25, -0.2) is 4.39 Å². The third kappa shape index (κ3) is 2.01. The molecule has 0 aliphatic rings. The lowest BCUT2D eigenvalue weighted by atomic mass is 10.0. The van der Waals surface area contributed by atoms with Gasteiger partial charge in [-0.05, 0) is 12.5 Å². The van der Waals surface area contributed by atoms with Gasteiger partial charge in [-0.15, -0.1) is 0 Å². The molecule has 0 saturated carbocycles. The molecule has 0 amide bonds. The fourth-order valence-electron chi connectivity index (χ4n) is 1.86. The van der Waals surface area contributed by atoms with Crippen molar-refractivity contribution in [2.45, 2.75) is 13.3 Å². The van der Waals surface area contributed by atoms with Gasteiger partial charge in [-0.3, -0.25) is 15.2 Å². The number of nitrogens with two attached hydrogens (primary N) is 1. The number of hydrogen-bond donors (Lipinski definition) is 2. The van der Waals surface area contributed by atoms with Crippen molar-refractivity contribution in [2.24, 2.45) is 0 Å². The molecule has 0 radical (unpaired) electrons. The van der Waals surface area contributed by atoms with Crippen LogP contribution in [0.15, 0.2) is 12.1 Å². The van der Waals surface area contributed by atoms with Crippen LogP contribution in [0.1, 0.15) is 12.5 Å². The highest BCUT2D eigenvalue weighted by atomic mass is 19.1. The van der Waals surface area contributed by atoms with E-state index >= 15 is 0 Å². The average Bonchev–Trinajstić information content (AvgIpc) is 2.70. The van der Waals surface area contributed by atoms with Crippen molar-refractivity contribution >= 4 is 11.5 Å². The predicted octanol–water partition coefficient (Wildman–Crippen LogP) is 2.41. The smallest absolute Gasteiger partial charge is 0.305 e. The lowest BCUT2D eigenvalue weighted by molar-refractivity contribution is -0.387. The molecule has 0 spiro atoms. The zero-order chi connectivity index (χ0) is 14.2. The van der Waals surface area contributed by atoms with Crippen LogP contribution in [-0.4, -0.2) is 15.1 Å². The molecule has 0 fully saturated rings. The first-order valence-electron chi connectivity index (χ1n) is 5.42. The van der Waals surface area contributed by atoms with E-state index in [9.17, 15) is 18.9 Å². The number of halogens is 2. The van der Waals surface area contributed by atoms with E-state index < -0.39 is 27.8 Å². The maximum Gasteiger partial charge on any atom is 0.305 e. The fraction of sp³-hybridized carbons (Fsp3) is 0.182. The number of rotatable bonds is 3. The Morgan fingerprint density at radius 1 is 1.47 bits per heavy atom. The Morgan fingerprint density at radius 2 is 2.16 bits per heavy atom. The number of nitro benzene ring substituents is 1. The molecule has 1 aromatic carbocycles. The zero-order valence-corrected chi connectivity index (χ0v) is 9.91. The molecule has 0 saturated heterocycles. The monoisotopic (exact) mass is 268 g/mol. The van der Waals surface area contributed by atoms with E-state index in [4.69, 9.17) is 5.73 Å². The van der Waals surface area contributed by atoms with Gasteiger partial charge in [0.2, 0.25) is 5.82 Å². The molecule has 1 heterocycles. The summed E-state index contributed by atoms with van der Waals surface area (Å²) in [7, 11) is 0. The van der Waals surface area contributed by atoms with Crippen LogP contribution < -0.4 is 5.73 Å². The second-order valence-electron chi connectivity index (χ2n) is 3.83. The summed E-state index contributed by atoms with van der Waals surface area (Å²) < 4.78 is 27.8. The Labute approximate surface area is 106 Å². The van der Waals surface area contributed by atoms with E-state index in [2.05, 4.69) is 10.2 Å². The summed E-state index contributed by atoms with van der Waals surface area (Å²) >= 11 is 0. The highest BCUT2D eigenvalue weighted by Gasteiger charge is 2.25. The van der Waals surface area contributed by atoms with E-state index in [0.29, 0.717) is 12.0 Å². The molecular formula is C11H10F2N4O2. The molecule has 6 nitrogen and oxygen atoms in total. The Morgan fingerprint density at radius 3 is 2.74 bits per heavy atom. The van der Waals surface area contributed by atoms with Crippen LogP contribution in [-0.2, 0) is 6.42 Å². The first kappa shape index (κ1) is 12.9. The van der Waals surface area contributed by atoms with E-state index in [1.54, 1.807) is 6.92 Å². The normalized spacial score (nSPS) is 10.7. The number of anilines is 1. The first-order valence-corrected chi connectivity index (χ1v) is 5.42. The molecule has 100 valence electrons. The molecule has 0 aliphatic carbocycles. The van der Waals surface area contributed by atoms with E-state index in [1.807, 2.05) is 0 Å². The van der Waals surface area contributed by atoms with Gasteiger partial charge in [-0.2, -0.15) is 9.49 Å². The van der Waals surface area contributed by atoms with Crippen LogP contribution in [0, 0.1) is 21.7 Å². The lowest BCUT2D eigenvalue weighted by Crippen LogP contribution is -1.99. The SMILES string of the molecule is CCc1c(N)n[nH]c1-c1c(F)ccc([N+](=O)[O-])c1F. The number of benzene rings is 1. The molecule has 0 unspecified atom stereocenters. The molecule has 2 aromatic rings. The lowest BCUT2D eigenvalue weighted by Gasteiger charge is -2.05. The summed E-state index contributed by atoms with van der Waals surface area (Å²) in [4.78, 5) is 9.76. The predicted molar refractivity (Wildman–Crippen MR) is 64.4 cm³/mol. The van der Waals surface area contributed by atoms with Crippen LogP contribution in [0.4, 0.5) is 20.3 Å². The van der Waals surface area contributed by atoms with Gasteiger partial charge in [0.15, 0.2) is 0 Å². The van der Waals surface area contributed by atoms with Crippen molar-refractivity contribution in [2.75, 3.05) is 5.73 Å². The molecule has 3 N–H and O–H groups in total. The average molecular weight is 268 g/mol. The van der Waals surface area contributed by atoms with Crippen molar-refractivity contribution in [1.82, 2.24) is 10.2 Å². The van der Waals surface area contributed by atoms with Crippen LogP contribution in [0.25, 0.3) is 11.3 Å². The minimum absolute atomic E-state index is 0.0266. The Hall–Kier alpha value is -2.51. The Balaban J connectivity index is 2.74. The maximum absolute atomic E-state index is 14.0. The van der Waals surface area contributed by atoms with Gasteiger partial charge in [0, 0.05) is 11.6 Å². The minimum atomic E-state index is -1.25. The molecule has 19 heavy (non-hydrogen) atoms. The van der Waals surface area contributed by atoms with Crippen molar-refractivity contribution in [3.8, 4) is 11.3 Å². The van der Waals surface area contributed by atoms with Crippen LogP contribution in [0.5, 0.6) is 0 Å². The Kier molecular flexibility index (Phi) is 3.16. The summed E-state index contributed by atoms with van der Waals surface area (Å²) in [6.07, 6.45) is 0.388. The number of nitrogen functional groups attached to an aromatic ring is 1. The van der Waals surface area contributed by atoms with Gasteiger partial charge in [0.25, 0.3) is 0 Å². The molecular weight excluding hydrogens is 258 g/mol. The van der Waals surface area contributed by atoms with Crippen LogP contribution in [0.2, 0.25) is 0 Å². The van der Waals surface area contributed by atoms with Crippen LogP contribution in [0.3, 0.4) is 0 Å².